The second-order valence-corrected chi connectivity index (χ2v) is 4.39. The number of ether oxygens (including phenoxy) is 1. The zero-order chi connectivity index (χ0) is 15.4. The first-order valence-corrected chi connectivity index (χ1v) is 6.30. The number of ketones is 1. The van der Waals surface area contributed by atoms with Gasteiger partial charge in [-0.25, -0.2) is 0 Å². The summed E-state index contributed by atoms with van der Waals surface area (Å²) in [6.45, 7) is -0.0973. The van der Waals surface area contributed by atoms with E-state index in [9.17, 15) is 14.7 Å². The minimum absolute atomic E-state index is 0.106. The predicted octanol–water partition coefficient (Wildman–Crippen LogP) is 0.786. The highest BCUT2D eigenvalue weighted by atomic mass is 16.5. The molecule has 0 unspecified atom stereocenters. The molecule has 0 bridgehead atoms. The molecular weight excluding hydrogens is 274 g/mol. The third-order valence-electron chi connectivity index (χ3n) is 3.04. The third kappa shape index (κ3) is 3.11. The fourth-order valence-electron chi connectivity index (χ4n) is 1.93. The molecule has 21 heavy (non-hydrogen) atoms. The van der Waals surface area contributed by atoms with E-state index >= 15 is 0 Å². The first kappa shape index (κ1) is 14.8. The first-order chi connectivity index (χ1) is 10.1. The topological polar surface area (TPSA) is 88.8 Å². The Morgan fingerprint density at radius 3 is 2.67 bits per heavy atom. The van der Waals surface area contributed by atoms with Crippen LogP contribution in [0.5, 0.6) is 11.5 Å². The van der Waals surface area contributed by atoms with Crippen molar-refractivity contribution in [3.63, 3.8) is 0 Å². The Morgan fingerprint density at radius 2 is 2.05 bits per heavy atom. The zero-order valence-corrected chi connectivity index (χ0v) is 11.4. The first-order valence-electron chi connectivity index (χ1n) is 6.30. The molecule has 6 nitrogen and oxygen atoms in total. The molecule has 0 amide bonds. The highest BCUT2D eigenvalue weighted by Gasteiger charge is 2.15. The average Bonchev–Trinajstić information content (AvgIpc) is 2.49. The van der Waals surface area contributed by atoms with E-state index in [0.717, 1.165) is 0 Å². The molecule has 1 heterocycles. The number of carbonyl (C=O) groups is 1. The fraction of sp³-hybridized carbons (Fsp3) is 0.200. The molecule has 2 aromatic rings. The summed E-state index contributed by atoms with van der Waals surface area (Å²) in [4.78, 5) is 23.9. The molecule has 1 aromatic heterocycles. The van der Waals surface area contributed by atoms with Crippen LogP contribution < -0.4 is 10.3 Å². The van der Waals surface area contributed by atoms with Gasteiger partial charge in [0.15, 0.2) is 5.78 Å². The SMILES string of the molecule is COc1ccc(C(=O)c2ccc(=O)n(CCO)c2)c(O)c1. The summed E-state index contributed by atoms with van der Waals surface area (Å²) >= 11 is 0. The number of aromatic hydroxyl groups is 1. The van der Waals surface area contributed by atoms with Gasteiger partial charge in [0.1, 0.15) is 11.5 Å². The van der Waals surface area contributed by atoms with Gasteiger partial charge in [-0.15, -0.1) is 0 Å². The number of aliphatic hydroxyl groups is 1. The molecule has 0 aliphatic carbocycles. The second-order valence-electron chi connectivity index (χ2n) is 4.39. The summed E-state index contributed by atoms with van der Waals surface area (Å²) in [5.41, 5.74) is 0.0630. The van der Waals surface area contributed by atoms with E-state index in [1.165, 1.54) is 42.1 Å². The molecule has 110 valence electrons. The highest BCUT2D eigenvalue weighted by Crippen LogP contribution is 2.25. The monoisotopic (exact) mass is 289 g/mol. The lowest BCUT2D eigenvalue weighted by molar-refractivity contribution is 0.103. The molecule has 0 atom stereocenters. The van der Waals surface area contributed by atoms with Crippen molar-refractivity contribution in [2.45, 2.75) is 6.54 Å². The predicted molar refractivity (Wildman–Crippen MR) is 75.9 cm³/mol. The lowest BCUT2D eigenvalue weighted by Gasteiger charge is -2.08. The van der Waals surface area contributed by atoms with Crippen molar-refractivity contribution in [2.75, 3.05) is 13.7 Å². The van der Waals surface area contributed by atoms with Crippen molar-refractivity contribution < 1.29 is 19.7 Å². The van der Waals surface area contributed by atoms with Gasteiger partial charge in [-0.05, 0) is 18.2 Å². The van der Waals surface area contributed by atoms with Crippen LogP contribution in [0, 0.1) is 0 Å². The van der Waals surface area contributed by atoms with Gasteiger partial charge in [-0.1, -0.05) is 0 Å². The zero-order valence-electron chi connectivity index (χ0n) is 11.4. The maximum absolute atomic E-state index is 12.4. The normalized spacial score (nSPS) is 10.4. The van der Waals surface area contributed by atoms with Crippen LogP contribution in [0.3, 0.4) is 0 Å². The van der Waals surface area contributed by atoms with E-state index in [4.69, 9.17) is 9.84 Å². The van der Waals surface area contributed by atoms with E-state index in [1.54, 1.807) is 6.07 Å². The minimum atomic E-state index is -0.415. The van der Waals surface area contributed by atoms with Gasteiger partial charge in [-0.2, -0.15) is 0 Å². The van der Waals surface area contributed by atoms with Gasteiger partial charge in [0.05, 0.1) is 19.3 Å². The van der Waals surface area contributed by atoms with Gasteiger partial charge in [-0.3, -0.25) is 9.59 Å². The lowest BCUT2D eigenvalue weighted by atomic mass is 10.0. The number of carbonyl (C=O) groups excluding carboxylic acids is 1. The van der Waals surface area contributed by atoms with Gasteiger partial charge >= 0.3 is 0 Å². The quantitative estimate of drug-likeness (QED) is 0.794. The fourth-order valence-corrected chi connectivity index (χ4v) is 1.93. The summed E-state index contributed by atoms with van der Waals surface area (Å²) in [6, 6.07) is 7.01. The minimum Gasteiger partial charge on any atom is -0.507 e. The van der Waals surface area contributed by atoms with Crippen molar-refractivity contribution in [1.29, 1.82) is 0 Å². The van der Waals surface area contributed by atoms with E-state index in [2.05, 4.69) is 0 Å². The lowest BCUT2D eigenvalue weighted by Crippen LogP contribution is -2.21. The number of benzene rings is 1. The Bertz CT molecular complexity index is 720. The summed E-state index contributed by atoms with van der Waals surface area (Å²) in [7, 11) is 1.46. The van der Waals surface area contributed by atoms with Crippen LogP contribution in [-0.2, 0) is 6.54 Å². The smallest absolute Gasteiger partial charge is 0.250 e. The number of nitrogens with zero attached hydrogens (tertiary/aromatic N) is 1. The summed E-state index contributed by atoms with van der Waals surface area (Å²) in [6.07, 6.45) is 1.37. The van der Waals surface area contributed by atoms with E-state index in [-0.39, 0.29) is 35.6 Å². The molecule has 0 aliphatic heterocycles. The summed E-state index contributed by atoms with van der Waals surface area (Å²) < 4.78 is 6.20. The molecule has 0 radical (unpaired) electrons. The van der Waals surface area contributed by atoms with Crippen LogP contribution in [0.1, 0.15) is 15.9 Å². The Balaban J connectivity index is 2.40. The molecule has 0 spiro atoms. The number of phenols is 1. The van der Waals surface area contributed by atoms with Crippen molar-refractivity contribution in [3.8, 4) is 11.5 Å². The number of aromatic nitrogens is 1. The van der Waals surface area contributed by atoms with Crippen molar-refractivity contribution in [3.05, 3.63) is 58.0 Å². The van der Waals surface area contributed by atoms with Crippen LogP contribution in [0.2, 0.25) is 0 Å². The average molecular weight is 289 g/mol. The third-order valence-corrected chi connectivity index (χ3v) is 3.04. The molecule has 0 fully saturated rings. The van der Waals surface area contributed by atoms with E-state index in [1.807, 2.05) is 0 Å². The van der Waals surface area contributed by atoms with Gasteiger partial charge in [0.2, 0.25) is 0 Å². The van der Waals surface area contributed by atoms with E-state index < -0.39 is 5.78 Å². The Hall–Kier alpha value is -2.60. The number of aliphatic hydroxyl groups excluding tert-OH is 1. The maximum Gasteiger partial charge on any atom is 0.250 e. The van der Waals surface area contributed by atoms with Crippen LogP contribution >= 0.6 is 0 Å². The Labute approximate surface area is 120 Å². The standard InChI is InChI=1S/C15H15NO5/c1-21-11-3-4-12(13(18)8-11)15(20)10-2-5-14(19)16(9-10)6-7-17/h2-5,8-9,17-18H,6-7H2,1H3. The number of phenolic OH excluding ortho intramolecular Hbond substituents is 1. The van der Waals surface area contributed by atoms with E-state index in [0.29, 0.717) is 5.75 Å². The van der Waals surface area contributed by atoms with Crippen molar-refractivity contribution in [1.82, 2.24) is 4.57 Å². The number of pyridine rings is 1. The summed E-state index contributed by atoms with van der Waals surface area (Å²) in [5, 5.41) is 18.8. The van der Waals surface area contributed by atoms with Gasteiger partial charge < -0.3 is 19.5 Å². The largest absolute Gasteiger partial charge is 0.507 e. The highest BCUT2D eigenvalue weighted by molar-refractivity contribution is 6.10. The molecular formula is C15H15NO5. The molecule has 1 aromatic carbocycles. The van der Waals surface area contributed by atoms with Crippen molar-refractivity contribution in [2.24, 2.45) is 0 Å². The summed E-state index contributed by atoms with van der Waals surface area (Å²) in [5.74, 6) is -0.171. The number of hydrogen-bond donors (Lipinski definition) is 2. The van der Waals surface area contributed by atoms with Crippen LogP contribution in [0.15, 0.2) is 41.3 Å². The second kappa shape index (κ2) is 6.23. The molecule has 0 saturated carbocycles. The number of hydrogen-bond acceptors (Lipinski definition) is 5. The Morgan fingerprint density at radius 1 is 1.29 bits per heavy atom. The molecule has 0 saturated heterocycles. The van der Waals surface area contributed by atoms with Crippen LogP contribution in [0.25, 0.3) is 0 Å². The molecule has 2 N–H and O–H groups in total. The van der Waals surface area contributed by atoms with Crippen LogP contribution in [0.4, 0.5) is 0 Å². The maximum atomic E-state index is 12.4. The van der Waals surface area contributed by atoms with Gasteiger partial charge in [0, 0.05) is 30.4 Å². The van der Waals surface area contributed by atoms with Crippen molar-refractivity contribution >= 4 is 5.78 Å². The number of methoxy groups -OCH3 is 1. The Kier molecular flexibility index (Phi) is 4.39. The van der Waals surface area contributed by atoms with Crippen LogP contribution in [-0.4, -0.2) is 34.3 Å². The molecule has 6 heteroatoms. The molecule has 0 aliphatic rings. The molecule has 2 rings (SSSR count). The van der Waals surface area contributed by atoms with Gasteiger partial charge in [0.25, 0.3) is 5.56 Å². The number of rotatable bonds is 5.